The van der Waals surface area contributed by atoms with E-state index in [1.165, 1.54) is 29.6 Å². The number of fused-ring (bicyclic) bond motifs is 1. The molecule has 1 fully saturated rings. The molecule has 0 aromatic carbocycles. The van der Waals surface area contributed by atoms with E-state index in [0.29, 0.717) is 0 Å². The molecule has 2 aromatic heterocycles. The number of pyridine rings is 1. The first kappa shape index (κ1) is 10.8. The summed E-state index contributed by atoms with van der Waals surface area (Å²) in [5.41, 5.74) is 9.95. The molecule has 0 unspecified atom stereocenters. The number of rotatable bonds is 3. The van der Waals surface area contributed by atoms with Crippen LogP contribution >= 0.6 is 0 Å². The van der Waals surface area contributed by atoms with E-state index in [1.807, 2.05) is 0 Å². The first-order valence-corrected chi connectivity index (χ1v) is 6.30. The number of hydrogen-bond donors (Lipinski definition) is 1. The molecule has 0 spiro atoms. The summed E-state index contributed by atoms with van der Waals surface area (Å²) in [5, 5.41) is 0. The van der Waals surface area contributed by atoms with Gasteiger partial charge in [0.05, 0.1) is 11.2 Å². The zero-order chi connectivity index (χ0) is 12.0. The second-order valence-electron chi connectivity index (χ2n) is 5.43. The summed E-state index contributed by atoms with van der Waals surface area (Å²) in [7, 11) is 0. The van der Waals surface area contributed by atoms with Crippen LogP contribution in [0.5, 0.6) is 0 Å². The first-order chi connectivity index (χ1) is 8.07. The van der Waals surface area contributed by atoms with E-state index in [1.54, 1.807) is 0 Å². The van der Waals surface area contributed by atoms with Crippen molar-refractivity contribution < 1.29 is 0 Å². The minimum absolute atomic E-state index is 0.120. The summed E-state index contributed by atoms with van der Waals surface area (Å²) in [4.78, 5) is 4.67. The highest BCUT2D eigenvalue weighted by molar-refractivity contribution is 5.54. The molecule has 0 atom stereocenters. The maximum absolute atomic E-state index is 6.13. The van der Waals surface area contributed by atoms with Crippen molar-refractivity contribution in [3.63, 3.8) is 0 Å². The van der Waals surface area contributed by atoms with Gasteiger partial charge in [0.15, 0.2) is 0 Å². The normalized spacial score (nSPS) is 17.6. The molecule has 0 amide bonds. The molecule has 0 aliphatic heterocycles. The molecule has 3 rings (SSSR count). The van der Waals surface area contributed by atoms with Crippen LogP contribution in [0.2, 0.25) is 0 Å². The maximum Gasteiger partial charge on any atom is 0.110 e. The van der Waals surface area contributed by atoms with Crippen molar-refractivity contribution in [3.8, 4) is 0 Å². The van der Waals surface area contributed by atoms with Gasteiger partial charge in [0.1, 0.15) is 5.82 Å². The molecule has 0 saturated heterocycles. The van der Waals surface area contributed by atoms with Crippen LogP contribution in [0.3, 0.4) is 0 Å². The molecule has 1 aliphatic rings. The quantitative estimate of drug-likeness (QED) is 0.878. The van der Waals surface area contributed by atoms with Gasteiger partial charge in [-0.25, -0.2) is 4.98 Å². The Hall–Kier alpha value is -1.35. The molecule has 0 radical (unpaired) electrons. The Morgan fingerprint density at radius 1 is 1.35 bits per heavy atom. The van der Waals surface area contributed by atoms with Crippen LogP contribution in [0.25, 0.3) is 5.52 Å². The van der Waals surface area contributed by atoms with Crippen molar-refractivity contribution in [3.05, 3.63) is 35.4 Å². The van der Waals surface area contributed by atoms with Gasteiger partial charge in [-0.3, -0.25) is 0 Å². The van der Waals surface area contributed by atoms with E-state index in [0.717, 1.165) is 18.7 Å². The van der Waals surface area contributed by atoms with E-state index >= 15 is 0 Å². The van der Waals surface area contributed by atoms with Crippen LogP contribution in [0.15, 0.2) is 18.3 Å². The highest BCUT2D eigenvalue weighted by Crippen LogP contribution is 2.36. The summed E-state index contributed by atoms with van der Waals surface area (Å²) >= 11 is 0. The first-order valence-electron chi connectivity index (χ1n) is 6.30. The van der Waals surface area contributed by atoms with Gasteiger partial charge in [-0.1, -0.05) is 6.07 Å². The number of aryl methyl sites for hydroxylation is 3. The molecule has 17 heavy (non-hydrogen) atoms. The minimum atomic E-state index is 0.120. The van der Waals surface area contributed by atoms with Crippen LogP contribution in [-0.2, 0) is 6.42 Å². The third kappa shape index (κ3) is 1.95. The van der Waals surface area contributed by atoms with Gasteiger partial charge in [0, 0.05) is 11.7 Å². The summed E-state index contributed by atoms with van der Waals surface area (Å²) in [6.07, 6.45) is 6.56. The van der Waals surface area contributed by atoms with Gasteiger partial charge in [0.2, 0.25) is 0 Å². The molecular formula is C14H19N3. The number of imidazole rings is 1. The third-order valence-electron chi connectivity index (χ3n) is 3.79. The predicted molar refractivity (Wildman–Crippen MR) is 69.1 cm³/mol. The van der Waals surface area contributed by atoms with Crippen molar-refractivity contribution in [2.75, 3.05) is 0 Å². The fourth-order valence-corrected chi connectivity index (χ4v) is 2.38. The van der Waals surface area contributed by atoms with Crippen LogP contribution in [0.1, 0.15) is 36.3 Å². The second kappa shape index (κ2) is 3.57. The Bertz CT molecular complexity index is 564. The second-order valence-corrected chi connectivity index (χ2v) is 5.43. The molecule has 1 saturated carbocycles. The Morgan fingerprint density at radius 2 is 2.12 bits per heavy atom. The zero-order valence-electron chi connectivity index (χ0n) is 10.5. The summed E-state index contributed by atoms with van der Waals surface area (Å²) in [6, 6.07) is 4.32. The molecule has 90 valence electrons. The lowest BCUT2D eigenvalue weighted by molar-refractivity contribution is 0.605. The Kier molecular flexibility index (Phi) is 2.26. The smallest absolute Gasteiger partial charge is 0.110 e. The van der Waals surface area contributed by atoms with Crippen LogP contribution in [0.4, 0.5) is 0 Å². The third-order valence-corrected chi connectivity index (χ3v) is 3.79. The topological polar surface area (TPSA) is 43.3 Å². The molecule has 2 aromatic rings. The van der Waals surface area contributed by atoms with Gasteiger partial charge in [-0.2, -0.15) is 0 Å². The SMILES string of the molecule is Cc1ccc2c(CCC3(N)CC3)nc(C)n2c1. The predicted octanol–water partition coefficient (Wildman–Crippen LogP) is 2.38. The van der Waals surface area contributed by atoms with Gasteiger partial charge >= 0.3 is 0 Å². The highest BCUT2D eigenvalue weighted by Gasteiger charge is 2.37. The van der Waals surface area contributed by atoms with E-state index in [2.05, 4.69) is 41.6 Å². The molecule has 1 aliphatic carbocycles. The van der Waals surface area contributed by atoms with E-state index in [4.69, 9.17) is 5.73 Å². The van der Waals surface area contributed by atoms with Gasteiger partial charge < -0.3 is 10.1 Å². The van der Waals surface area contributed by atoms with Gasteiger partial charge in [-0.05, 0) is 51.2 Å². The Labute approximate surface area is 102 Å². The van der Waals surface area contributed by atoms with Crippen LogP contribution in [0, 0.1) is 13.8 Å². The molecule has 0 bridgehead atoms. The van der Waals surface area contributed by atoms with Crippen LogP contribution in [-0.4, -0.2) is 14.9 Å². The average molecular weight is 229 g/mol. The largest absolute Gasteiger partial charge is 0.325 e. The number of nitrogens with zero attached hydrogens (tertiary/aromatic N) is 2. The van der Waals surface area contributed by atoms with Crippen molar-refractivity contribution in [2.24, 2.45) is 5.73 Å². The molecule has 2 heterocycles. The molecule has 3 heteroatoms. The monoisotopic (exact) mass is 229 g/mol. The average Bonchev–Trinajstić information content (AvgIpc) is 2.95. The molecule has 3 nitrogen and oxygen atoms in total. The van der Waals surface area contributed by atoms with Crippen molar-refractivity contribution in [2.45, 2.75) is 45.1 Å². The Balaban J connectivity index is 1.93. The Morgan fingerprint density at radius 3 is 2.82 bits per heavy atom. The standard InChI is InChI=1S/C14H19N3/c1-10-3-4-13-12(5-6-14(15)7-8-14)16-11(2)17(13)9-10/h3-4,9H,5-8,15H2,1-2H3. The van der Waals surface area contributed by atoms with E-state index in [-0.39, 0.29) is 5.54 Å². The molecule has 2 N–H and O–H groups in total. The van der Waals surface area contributed by atoms with E-state index < -0.39 is 0 Å². The zero-order valence-corrected chi connectivity index (χ0v) is 10.5. The van der Waals surface area contributed by atoms with Crippen molar-refractivity contribution >= 4 is 5.52 Å². The van der Waals surface area contributed by atoms with Gasteiger partial charge in [0.25, 0.3) is 0 Å². The minimum Gasteiger partial charge on any atom is -0.325 e. The number of aromatic nitrogens is 2. The van der Waals surface area contributed by atoms with E-state index in [9.17, 15) is 0 Å². The fourth-order valence-electron chi connectivity index (χ4n) is 2.38. The summed E-state index contributed by atoms with van der Waals surface area (Å²) < 4.78 is 2.18. The summed E-state index contributed by atoms with van der Waals surface area (Å²) in [6.45, 7) is 4.17. The number of hydrogen-bond acceptors (Lipinski definition) is 2. The maximum atomic E-state index is 6.13. The fraction of sp³-hybridized carbons (Fsp3) is 0.500. The van der Waals surface area contributed by atoms with Crippen LogP contribution < -0.4 is 5.73 Å². The summed E-state index contributed by atoms with van der Waals surface area (Å²) in [5.74, 6) is 1.07. The highest BCUT2D eigenvalue weighted by atomic mass is 15.0. The van der Waals surface area contributed by atoms with Crippen molar-refractivity contribution in [1.82, 2.24) is 9.38 Å². The lowest BCUT2D eigenvalue weighted by Gasteiger charge is -2.06. The van der Waals surface area contributed by atoms with Gasteiger partial charge in [-0.15, -0.1) is 0 Å². The lowest BCUT2D eigenvalue weighted by atomic mass is 10.1. The number of nitrogens with two attached hydrogens (primary N) is 1. The van der Waals surface area contributed by atoms with Crippen molar-refractivity contribution in [1.29, 1.82) is 0 Å². The lowest BCUT2D eigenvalue weighted by Crippen LogP contribution is -2.22. The molecular weight excluding hydrogens is 210 g/mol.